The molecule has 0 radical (unpaired) electrons. The molecule has 2 atom stereocenters. The first kappa shape index (κ1) is 80.8. The van der Waals surface area contributed by atoms with Crippen LogP contribution in [0.2, 0.25) is 0 Å². The van der Waals surface area contributed by atoms with Gasteiger partial charge in [0.2, 0.25) is 0 Å². The molecule has 0 aromatic heterocycles. The molecule has 9 heteroatoms. The first-order valence-electron chi connectivity index (χ1n) is 36.5. The van der Waals surface area contributed by atoms with E-state index in [1.54, 1.807) is 0 Å². The van der Waals surface area contributed by atoms with Gasteiger partial charge in [-0.15, -0.1) is 0 Å². The first-order chi connectivity index (χ1) is 40.6. The largest absolute Gasteiger partial charge is 0.545 e. The second-order valence-electron chi connectivity index (χ2n) is 26.2. The van der Waals surface area contributed by atoms with Crippen molar-refractivity contribution in [3.8, 4) is 0 Å². The highest BCUT2D eigenvalue weighted by atomic mass is 16.7. The zero-order chi connectivity index (χ0) is 60.5. The number of hydrogen-bond acceptors (Lipinski definition) is 8. The Morgan fingerprint density at radius 3 is 0.892 bits per heavy atom. The Labute approximate surface area is 516 Å². The predicted octanol–water partition coefficient (Wildman–Crippen LogP) is 21.3. The van der Waals surface area contributed by atoms with Crippen LogP contribution in [0.25, 0.3) is 0 Å². The molecule has 0 aliphatic heterocycles. The molecule has 0 rings (SSSR count). The minimum atomic E-state index is -1.62. The normalized spacial score (nSPS) is 12.7. The minimum Gasteiger partial charge on any atom is -0.545 e. The Balaban J connectivity index is 4.03. The molecule has 0 N–H and O–H groups in total. The zero-order valence-corrected chi connectivity index (χ0v) is 56.1. The third kappa shape index (κ3) is 67.1. The number of ether oxygens (including phenoxy) is 4. The van der Waals surface area contributed by atoms with Gasteiger partial charge in [-0.2, -0.15) is 0 Å². The Morgan fingerprint density at radius 2 is 0.614 bits per heavy atom. The number of aliphatic carboxylic acids is 1. The number of esters is 2. The van der Waals surface area contributed by atoms with Gasteiger partial charge in [0.25, 0.3) is 0 Å². The van der Waals surface area contributed by atoms with Crippen LogP contribution in [0.5, 0.6) is 0 Å². The quantitative estimate of drug-likeness (QED) is 0.0195. The lowest BCUT2D eigenvalue weighted by Crippen LogP contribution is -2.44. The highest BCUT2D eigenvalue weighted by Crippen LogP contribution is 2.19. The second-order valence-corrected chi connectivity index (χ2v) is 26.2. The van der Waals surface area contributed by atoms with Crippen LogP contribution in [0, 0.1) is 0 Å². The van der Waals surface area contributed by atoms with Crippen molar-refractivity contribution in [2.75, 3.05) is 47.5 Å². The molecular formula is C74H141NO8. The molecule has 0 saturated heterocycles. The number of carbonyl (C=O) groups excluding carboxylic acids is 3. The summed E-state index contributed by atoms with van der Waals surface area (Å²) in [6, 6.07) is 0. The maximum atomic E-state index is 12.9. The topological polar surface area (TPSA) is 111 Å². The van der Waals surface area contributed by atoms with Gasteiger partial charge in [-0.05, 0) is 64.2 Å². The highest BCUT2D eigenvalue weighted by Gasteiger charge is 2.22. The van der Waals surface area contributed by atoms with Crippen LogP contribution in [0.1, 0.15) is 373 Å². The molecule has 2 unspecified atom stereocenters. The monoisotopic (exact) mass is 1170 g/mol. The molecule has 0 amide bonds. The Kier molecular flexibility index (Phi) is 64.0. The minimum absolute atomic E-state index is 0.151. The molecule has 0 spiro atoms. The van der Waals surface area contributed by atoms with Crippen LogP contribution in [0.4, 0.5) is 0 Å². The molecule has 490 valence electrons. The van der Waals surface area contributed by atoms with Crippen LogP contribution in [-0.2, 0) is 33.3 Å². The van der Waals surface area contributed by atoms with Crippen molar-refractivity contribution in [3.05, 3.63) is 24.3 Å². The lowest BCUT2D eigenvalue weighted by Gasteiger charge is -2.26. The number of allylic oxidation sites excluding steroid dienone is 4. The fourth-order valence-corrected chi connectivity index (χ4v) is 11.1. The number of carboxylic acid groups (broad SMARTS) is 1. The van der Waals surface area contributed by atoms with Gasteiger partial charge in [0, 0.05) is 12.8 Å². The number of carboxylic acids is 1. The van der Waals surface area contributed by atoms with E-state index in [4.69, 9.17) is 18.9 Å². The lowest BCUT2D eigenvalue weighted by molar-refractivity contribution is -0.870. The van der Waals surface area contributed by atoms with Crippen LogP contribution in [0.3, 0.4) is 0 Å². The average molecular weight is 1170 g/mol. The molecule has 0 aliphatic carbocycles. The van der Waals surface area contributed by atoms with Crippen molar-refractivity contribution in [2.45, 2.75) is 386 Å². The van der Waals surface area contributed by atoms with Gasteiger partial charge < -0.3 is 33.3 Å². The molecule has 0 bridgehead atoms. The van der Waals surface area contributed by atoms with Gasteiger partial charge in [0.15, 0.2) is 12.4 Å². The molecule has 0 saturated carbocycles. The molecule has 0 fully saturated rings. The van der Waals surface area contributed by atoms with Crippen molar-refractivity contribution >= 4 is 17.9 Å². The van der Waals surface area contributed by atoms with Crippen molar-refractivity contribution in [1.29, 1.82) is 0 Å². The highest BCUT2D eigenvalue weighted by molar-refractivity contribution is 5.70. The fourth-order valence-electron chi connectivity index (χ4n) is 11.1. The Hall–Kier alpha value is -2.23. The van der Waals surface area contributed by atoms with Crippen molar-refractivity contribution < 1.29 is 42.9 Å². The number of hydrogen-bond donors (Lipinski definition) is 0. The third-order valence-corrected chi connectivity index (χ3v) is 16.7. The Bertz CT molecular complexity index is 1410. The molecule has 0 aliphatic rings. The van der Waals surface area contributed by atoms with E-state index in [0.717, 1.165) is 38.5 Å². The lowest BCUT2D eigenvalue weighted by atomic mass is 10.0. The smallest absolute Gasteiger partial charge is 0.306 e. The summed E-state index contributed by atoms with van der Waals surface area (Å²) in [5, 5.41) is 11.8. The van der Waals surface area contributed by atoms with Crippen molar-refractivity contribution in [2.24, 2.45) is 0 Å². The van der Waals surface area contributed by atoms with Gasteiger partial charge in [-0.25, -0.2) is 0 Å². The number of unbranched alkanes of at least 4 members (excludes halogenated alkanes) is 50. The van der Waals surface area contributed by atoms with Crippen LogP contribution in [0.15, 0.2) is 24.3 Å². The summed E-state index contributed by atoms with van der Waals surface area (Å²) in [6.07, 6.45) is 78.5. The number of rotatable bonds is 69. The van der Waals surface area contributed by atoms with Gasteiger partial charge in [-0.1, -0.05) is 321 Å². The van der Waals surface area contributed by atoms with Gasteiger partial charge in [0.05, 0.1) is 40.3 Å². The first-order valence-corrected chi connectivity index (χ1v) is 36.5. The zero-order valence-electron chi connectivity index (χ0n) is 56.1. The summed E-state index contributed by atoms with van der Waals surface area (Å²) in [7, 11) is 5.95. The Morgan fingerprint density at radius 1 is 0.349 bits per heavy atom. The number of nitrogens with zero attached hydrogens (tertiary/aromatic N) is 1. The average Bonchev–Trinajstić information content (AvgIpc) is 3.46. The van der Waals surface area contributed by atoms with Crippen LogP contribution in [-0.4, -0.2) is 82.3 Å². The van der Waals surface area contributed by atoms with E-state index >= 15 is 0 Å². The molecular weight excluding hydrogens is 1030 g/mol. The van der Waals surface area contributed by atoms with E-state index in [0.29, 0.717) is 17.4 Å². The van der Waals surface area contributed by atoms with Crippen LogP contribution >= 0.6 is 0 Å². The number of likely N-dealkylation sites (N-methyl/N-ethyl adjacent to an activating group) is 1. The predicted molar refractivity (Wildman–Crippen MR) is 353 cm³/mol. The van der Waals surface area contributed by atoms with E-state index in [1.165, 1.54) is 308 Å². The molecule has 9 nitrogen and oxygen atoms in total. The number of carbonyl (C=O) groups is 3. The summed E-state index contributed by atoms with van der Waals surface area (Å²) in [6.45, 7) is 4.82. The SMILES string of the molecule is CCCCCCCCCC/C=C\CCCCCCCCCCCCCCCCCCCCCCCC(=O)OC(COC(=O)CCCCCCCCCCCCCCC/C=C\CCCCCCCCCC)COC(OCC[N+](C)(C)C)C(=O)[O-]. The molecule has 0 heterocycles. The number of quaternary nitrogens is 1. The van der Waals surface area contributed by atoms with E-state index < -0.39 is 24.3 Å². The third-order valence-electron chi connectivity index (χ3n) is 16.7. The summed E-state index contributed by atoms with van der Waals surface area (Å²) < 4.78 is 22.8. The standard InChI is InChI=1S/C74H141NO8/c1-6-8-10-12-14-16-18-20-22-24-26-28-30-32-33-34-35-36-37-38-39-41-43-45-47-49-51-53-55-57-59-61-63-65-72(77)83-70(69-82-74(73(78)79)80-67-66-75(3,4)5)68-81-71(76)64-62-60-58-56-54-52-50-48-46-44-42-40-31-29-27-25-23-21-19-17-15-13-11-9-7-2/h24-27,70,74H,6-23,28-69H2,1-5H3/b26-24-,27-25-. The van der Waals surface area contributed by atoms with E-state index in [1.807, 2.05) is 21.1 Å². The summed E-state index contributed by atoms with van der Waals surface area (Å²) in [5.74, 6) is -2.25. The molecule has 0 aromatic rings. The van der Waals surface area contributed by atoms with Crippen LogP contribution < -0.4 is 5.11 Å². The summed E-state index contributed by atoms with van der Waals surface area (Å²) in [4.78, 5) is 37.5. The summed E-state index contributed by atoms with van der Waals surface area (Å²) in [5.41, 5.74) is 0. The maximum Gasteiger partial charge on any atom is 0.306 e. The second kappa shape index (κ2) is 65.7. The van der Waals surface area contributed by atoms with E-state index in [-0.39, 0.29) is 32.2 Å². The van der Waals surface area contributed by atoms with Crippen molar-refractivity contribution in [1.82, 2.24) is 0 Å². The van der Waals surface area contributed by atoms with E-state index in [9.17, 15) is 19.5 Å². The van der Waals surface area contributed by atoms with Crippen molar-refractivity contribution in [3.63, 3.8) is 0 Å². The molecule has 0 aromatic carbocycles. The van der Waals surface area contributed by atoms with Gasteiger partial charge in [0.1, 0.15) is 13.2 Å². The van der Waals surface area contributed by atoms with Gasteiger partial charge in [-0.3, -0.25) is 9.59 Å². The van der Waals surface area contributed by atoms with Gasteiger partial charge >= 0.3 is 11.9 Å². The molecule has 83 heavy (non-hydrogen) atoms. The summed E-state index contributed by atoms with van der Waals surface area (Å²) >= 11 is 0. The maximum absolute atomic E-state index is 12.9. The fraction of sp³-hybridized carbons (Fsp3) is 0.905. The van der Waals surface area contributed by atoms with E-state index in [2.05, 4.69) is 38.2 Å².